The van der Waals surface area contributed by atoms with E-state index in [9.17, 15) is 0 Å². The number of hydrogen-bond acceptors (Lipinski definition) is 3. The van der Waals surface area contributed by atoms with E-state index in [0.717, 1.165) is 33.9 Å². The first-order valence-corrected chi connectivity index (χ1v) is 7.98. The van der Waals surface area contributed by atoms with Crippen molar-refractivity contribution < 1.29 is 4.74 Å². The summed E-state index contributed by atoms with van der Waals surface area (Å²) in [5.74, 6) is 1.73. The second-order valence-electron chi connectivity index (χ2n) is 5.43. The van der Waals surface area contributed by atoms with Gasteiger partial charge in [-0.15, -0.1) is 0 Å². The lowest BCUT2D eigenvalue weighted by atomic mass is 10.1. The molecule has 3 aromatic heterocycles. The van der Waals surface area contributed by atoms with Gasteiger partial charge in [-0.05, 0) is 67.1 Å². The van der Waals surface area contributed by atoms with Gasteiger partial charge in [-0.3, -0.25) is 4.57 Å². The summed E-state index contributed by atoms with van der Waals surface area (Å²) >= 11 is 0. The molecule has 0 radical (unpaired) electrons. The molecule has 3 heterocycles. The molecule has 0 saturated heterocycles. The number of fused-ring (bicyclic) bond motifs is 1. The molecule has 118 valence electrons. The fraction of sp³-hybridized carbons (Fsp3) is 0.100. The van der Waals surface area contributed by atoms with Crippen LogP contribution >= 0.6 is 0 Å². The minimum atomic E-state index is 0.664. The van der Waals surface area contributed by atoms with Crippen LogP contribution in [0.5, 0.6) is 5.75 Å². The van der Waals surface area contributed by atoms with Crippen LogP contribution in [0.15, 0.2) is 73.1 Å². The van der Waals surface area contributed by atoms with Gasteiger partial charge in [0.2, 0.25) is 0 Å². The average molecular weight is 315 g/mol. The van der Waals surface area contributed by atoms with E-state index in [0.29, 0.717) is 6.61 Å². The minimum absolute atomic E-state index is 0.664. The monoisotopic (exact) mass is 315 g/mol. The van der Waals surface area contributed by atoms with Crippen LogP contribution in [0.4, 0.5) is 0 Å². The number of pyridine rings is 2. The molecule has 0 aliphatic heterocycles. The smallest absolute Gasteiger partial charge is 0.146 e. The Bertz CT molecular complexity index is 959. The van der Waals surface area contributed by atoms with Crippen LogP contribution in [0.1, 0.15) is 6.92 Å². The molecule has 0 aliphatic carbocycles. The quantitative estimate of drug-likeness (QED) is 0.557. The Labute approximate surface area is 140 Å². The average Bonchev–Trinajstić information content (AvgIpc) is 3.03. The summed E-state index contributed by atoms with van der Waals surface area (Å²) in [6.07, 6.45) is 3.61. The third-order valence-electron chi connectivity index (χ3n) is 3.90. The van der Waals surface area contributed by atoms with Gasteiger partial charge in [-0.2, -0.15) is 0 Å². The van der Waals surface area contributed by atoms with E-state index in [-0.39, 0.29) is 0 Å². The van der Waals surface area contributed by atoms with Gasteiger partial charge >= 0.3 is 0 Å². The van der Waals surface area contributed by atoms with Crippen molar-refractivity contribution in [1.29, 1.82) is 0 Å². The second-order valence-corrected chi connectivity index (χ2v) is 5.43. The van der Waals surface area contributed by atoms with E-state index in [1.54, 1.807) is 6.20 Å². The molecule has 0 aliphatic rings. The normalized spacial score (nSPS) is 10.9. The van der Waals surface area contributed by atoms with E-state index < -0.39 is 0 Å². The van der Waals surface area contributed by atoms with E-state index in [2.05, 4.69) is 38.8 Å². The highest BCUT2D eigenvalue weighted by molar-refractivity contribution is 5.86. The van der Waals surface area contributed by atoms with Gasteiger partial charge in [0.25, 0.3) is 0 Å². The number of aromatic nitrogens is 3. The van der Waals surface area contributed by atoms with Crippen LogP contribution in [-0.4, -0.2) is 21.1 Å². The van der Waals surface area contributed by atoms with Gasteiger partial charge in [0.1, 0.15) is 17.2 Å². The van der Waals surface area contributed by atoms with Gasteiger partial charge in [0.05, 0.1) is 12.3 Å². The maximum atomic E-state index is 5.54. The first kappa shape index (κ1) is 14.5. The largest absolute Gasteiger partial charge is 0.494 e. The molecule has 0 spiro atoms. The van der Waals surface area contributed by atoms with Crippen molar-refractivity contribution in [2.75, 3.05) is 6.61 Å². The van der Waals surface area contributed by atoms with Gasteiger partial charge < -0.3 is 4.74 Å². The maximum absolute atomic E-state index is 5.54. The van der Waals surface area contributed by atoms with Crippen LogP contribution in [0.2, 0.25) is 0 Å². The molecule has 1 aromatic carbocycles. The Balaban J connectivity index is 1.91. The molecule has 0 unspecified atom stereocenters. The zero-order chi connectivity index (χ0) is 16.4. The third kappa shape index (κ3) is 2.52. The summed E-state index contributed by atoms with van der Waals surface area (Å²) < 4.78 is 7.63. The number of nitrogens with zero attached hydrogens (tertiary/aromatic N) is 3. The lowest BCUT2D eigenvalue weighted by molar-refractivity contribution is 0.340. The highest BCUT2D eigenvalue weighted by atomic mass is 16.5. The fourth-order valence-corrected chi connectivity index (χ4v) is 2.85. The number of rotatable bonds is 4. The van der Waals surface area contributed by atoms with Crippen molar-refractivity contribution in [2.45, 2.75) is 6.92 Å². The third-order valence-corrected chi connectivity index (χ3v) is 3.90. The van der Waals surface area contributed by atoms with Crippen molar-refractivity contribution >= 4 is 11.0 Å². The molecule has 4 aromatic rings. The minimum Gasteiger partial charge on any atom is -0.494 e. The number of ether oxygens (including phenoxy) is 1. The highest BCUT2D eigenvalue weighted by Gasteiger charge is 2.13. The molecule has 0 atom stereocenters. The number of benzene rings is 1. The molecule has 0 amide bonds. The second kappa shape index (κ2) is 6.16. The molecular formula is C20H17N3O. The molecule has 0 saturated carbocycles. The summed E-state index contributed by atoms with van der Waals surface area (Å²) in [5, 5.41) is 1.09. The van der Waals surface area contributed by atoms with Crippen LogP contribution in [0.25, 0.3) is 28.1 Å². The Hall–Kier alpha value is -3.14. The Kier molecular flexibility index (Phi) is 3.71. The zero-order valence-electron chi connectivity index (χ0n) is 13.4. The van der Waals surface area contributed by atoms with Crippen molar-refractivity contribution in [2.24, 2.45) is 0 Å². The molecule has 0 bridgehead atoms. The summed E-state index contributed by atoms with van der Waals surface area (Å²) in [7, 11) is 0. The fourth-order valence-electron chi connectivity index (χ4n) is 2.85. The Morgan fingerprint density at radius 1 is 0.917 bits per heavy atom. The highest BCUT2D eigenvalue weighted by Crippen LogP contribution is 2.30. The SMILES string of the molecule is CCOc1ccc(-c2cc3cccnc3n2-c2ccccn2)cc1. The van der Waals surface area contributed by atoms with E-state index in [1.807, 2.05) is 49.5 Å². The van der Waals surface area contributed by atoms with E-state index in [1.165, 1.54) is 0 Å². The predicted molar refractivity (Wildman–Crippen MR) is 95.5 cm³/mol. The van der Waals surface area contributed by atoms with E-state index in [4.69, 9.17) is 4.74 Å². The molecule has 0 fully saturated rings. The van der Waals surface area contributed by atoms with E-state index >= 15 is 0 Å². The molecular weight excluding hydrogens is 298 g/mol. The van der Waals surface area contributed by atoms with Crippen LogP contribution < -0.4 is 4.74 Å². The standard InChI is InChI=1S/C20H17N3O/c1-2-24-17-10-8-15(9-11-17)18-14-16-6-5-13-22-20(16)23(18)19-7-3-4-12-21-19/h3-14H,2H2,1H3. The van der Waals surface area contributed by atoms with Gasteiger partial charge in [-0.25, -0.2) is 9.97 Å². The first-order chi connectivity index (χ1) is 11.9. The predicted octanol–water partition coefficient (Wildman–Crippen LogP) is 4.49. The summed E-state index contributed by atoms with van der Waals surface area (Å²) in [6.45, 7) is 2.65. The van der Waals surface area contributed by atoms with Gasteiger partial charge in [0.15, 0.2) is 0 Å². The molecule has 4 rings (SSSR count). The van der Waals surface area contributed by atoms with Gasteiger partial charge in [-0.1, -0.05) is 6.07 Å². The van der Waals surface area contributed by atoms with Crippen molar-refractivity contribution in [3.8, 4) is 22.8 Å². The van der Waals surface area contributed by atoms with Crippen LogP contribution in [-0.2, 0) is 0 Å². The lowest BCUT2D eigenvalue weighted by Crippen LogP contribution is -2.00. The Morgan fingerprint density at radius 2 is 1.75 bits per heavy atom. The first-order valence-electron chi connectivity index (χ1n) is 7.98. The van der Waals surface area contributed by atoms with Crippen LogP contribution in [0.3, 0.4) is 0 Å². The summed E-state index contributed by atoms with van der Waals surface area (Å²) in [5.41, 5.74) is 3.06. The van der Waals surface area contributed by atoms with Crippen molar-refractivity contribution in [3.05, 3.63) is 73.1 Å². The van der Waals surface area contributed by atoms with Crippen LogP contribution in [0, 0.1) is 0 Å². The molecule has 4 heteroatoms. The van der Waals surface area contributed by atoms with Gasteiger partial charge in [0, 0.05) is 17.8 Å². The summed E-state index contributed by atoms with van der Waals surface area (Å²) in [4.78, 5) is 9.05. The van der Waals surface area contributed by atoms with Crippen molar-refractivity contribution in [1.82, 2.24) is 14.5 Å². The topological polar surface area (TPSA) is 39.9 Å². The lowest BCUT2D eigenvalue weighted by Gasteiger charge is -2.10. The number of hydrogen-bond donors (Lipinski definition) is 0. The molecule has 24 heavy (non-hydrogen) atoms. The zero-order valence-corrected chi connectivity index (χ0v) is 13.4. The summed E-state index contributed by atoms with van der Waals surface area (Å²) in [6, 6.07) is 20.2. The molecule has 0 N–H and O–H groups in total. The van der Waals surface area contributed by atoms with Crippen molar-refractivity contribution in [3.63, 3.8) is 0 Å². The Morgan fingerprint density at radius 3 is 2.50 bits per heavy atom. The molecule has 4 nitrogen and oxygen atoms in total. The maximum Gasteiger partial charge on any atom is 0.146 e.